The fourth-order valence-electron chi connectivity index (χ4n) is 1.78. The number of nitrogens with one attached hydrogen (secondary N) is 3. The van der Waals surface area contributed by atoms with Gasteiger partial charge in [-0.05, 0) is 34.6 Å². The minimum absolute atomic E-state index is 0.0541. The van der Waals surface area contributed by atoms with Crippen molar-refractivity contribution in [3.05, 3.63) is 15.6 Å². The molecule has 0 unspecified atom stereocenters. The van der Waals surface area contributed by atoms with Gasteiger partial charge in [-0.25, -0.2) is 4.98 Å². The molecule has 22 heavy (non-hydrogen) atoms. The van der Waals surface area contributed by atoms with Crippen molar-refractivity contribution in [3.63, 3.8) is 0 Å². The Bertz CT molecular complexity index is 511. The molecule has 1 amide bonds. The first-order chi connectivity index (χ1) is 10.2. The summed E-state index contributed by atoms with van der Waals surface area (Å²) in [5.74, 6) is 0.565. The van der Waals surface area contributed by atoms with E-state index in [2.05, 4.69) is 32.9 Å². The van der Waals surface area contributed by atoms with Crippen molar-refractivity contribution >= 4 is 23.2 Å². The molecule has 1 aromatic rings. The van der Waals surface area contributed by atoms with E-state index in [1.807, 2.05) is 27.7 Å². The van der Waals surface area contributed by atoms with Crippen LogP contribution in [0.4, 0.5) is 0 Å². The maximum absolute atomic E-state index is 11.7. The van der Waals surface area contributed by atoms with Crippen molar-refractivity contribution in [3.8, 4) is 0 Å². The van der Waals surface area contributed by atoms with Gasteiger partial charge in [0.15, 0.2) is 5.96 Å². The Morgan fingerprint density at radius 2 is 1.95 bits per heavy atom. The van der Waals surface area contributed by atoms with Crippen molar-refractivity contribution in [1.29, 1.82) is 0 Å². The van der Waals surface area contributed by atoms with Crippen LogP contribution < -0.4 is 16.0 Å². The summed E-state index contributed by atoms with van der Waals surface area (Å²) >= 11 is 1.72. The first kappa shape index (κ1) is 18.4. The van der Waals surface area contributed by atoms with Crippen LogP contribution in [-0.4, -0.2) is 42.5 Å². The zero-order valence-corrected chi connectivity index (χ0v) is 15.1. The quantitative estimate of drug-likeness (QED) is 0.564. The van der Waals surface area contributed by atoms with Crippen molar-refractivity contribution in [2.24, 2.45) is 4.99 Å². The third-order valence-corrected chi connectivity index (χ3v) is 3.99. The number of hydrogen-bond donors (Lipinski definition) is 3. The van der Waals surface area contributed by atoms with Gasteiger partial charge in [-0.15, -0.1) is 11.3 Å². The first-order valence-corrected chi connectivity index (χ1v) is 8.21. The van der Waals surface area contributed by atoms with E-state index in [0.717, 1.165) is 23.7 Å². The number of carbonyl (C=O) groups excluding carboxylic acids is 1. The lowest BCUT2D eigenvalue weighted by Gasteiger charge is -2.21. The Kier molecular flexibility index (Phi) is 6.80. The highest BCUT2D eigenvalue weighted by Gasteiger charge is 2.13. The van der Waals surface area contributed by atoms with E-state index >= 15 is 0 Å². The van der Waals surface area contributed by atoms with E-state index in [4.69, 9.17) is 0 Å². The molecule has 0 aliphatic carbocycles. The van der Waals surface area contributed by atoms with E-state index in [9.17, 15) is 4.79 Å². The maximum Gasteiger partial charge on any atom is 0.239 e. The molecule has 3 N–H and O–H groups in total. The van der Waals surface area contributed by atoms with Gasteiger partial charge in [-0.3, -0.25) is 9.79 Å². The van der Waals surface area contributed by atoms with E-state index < -0.39 is 0 Å². The number of rotatable bonds is 5. The summed E-state index contributed by atoms with van der Waals surface area (Å²) in [6.07, 6.45) is 0.842. The molecular formula is C15H27N5OS. The van der Waals surface area contributed by atoms with Crippen LogP contribution in [0.3, 0.4) is 0 Å². The van der Waals surface area contributed by atoms with Gasteiger partial charge < -0.3 is 16.0 Å². The Balaban J connectivity index is 2.32. The number of aromatic nitrogens is 1. The normalized spacial score (nSPS) is 12.2. The lowest BCUT2D eigenvalue weighted by Crippen LogP contribution is -2.48. The predicted molar refractivity (Wildman–Crippen MR) is 92.6 cm³/mol. The van der Waals surface area contributed by atoms with E-state index in [1.54, 1.807) is 18.4 Å². The first-order valence-electron chi connectivity index (χ1n) is 7.39. The minimum atomic E-state index is -0.226. The summed E-state index contributed by atoms with van der Waals surface area (Å²) in [6, 6.07) is 0. The molecule has 1 rings (SSSR count). The molecule has 1 aromatic heterocycles. The van der Waals surface area contributed by atoms with Gasteiger partial charge in [0.2, 0.25) is 5.91 Å². The highest BCUT2D eigenvalue weighted by molar-refractivity contribution is 7.11. The van der Waals surface area contributed by atoms with Gasteiger partial charge in [0.25, 0.3) is 0 Å². The second-order valence-electron chi connectivity index (χ2n) is 6.15. The van der Waals surface area contributed by atoms with Crippen molar-refractivity contribution < 1.29 is 4.79 Å². The number of guanidine groups is 1. The van der Waals surface area contributed by atoms with E-state index in [-0.39, 0.29) is 18.0 Å². The standard InChI is InChI=1S/C15H27N5OS/c1-10-11(2)22-13(19-10)7-8-17-14(16-6)18-9-12(21)20-15(3,4)5/h7-9H2,1-6H3,(H,20,21)(H2,16,17,18). The molecule has 0 atom stereocenters. The zero-order valence-electron chi connectivity index (χ0n) is 14.3. The molecular weight excluding hydrogens is 298 g/mol. The van der Waals surface area contributed by atoms with Crippen LogP contribution in [0.2, 0.25) is 0 Å². The summed E-state index contributed by atoms with van der Waals surface area (Å²) in [5, 5.41) is 10.2. The molecule has 0 fully saturated rings. The summed E-state index contributed by atoms with van der Waals surface area (Å²) in [5.41, 5.74) is 0.873. The number of nitrogens with zero attached hydrogens (tertiary/aromatic N) is 2. The molecule has 0 radical (unpaired) electrons. The van der Waals surface area contributed by atoms with Crippen LogP contribution in [-0.2, 0) is 11.2 Å². The summed E-state index contributed by atoms with van der Waals surface area (Å²) in [7, 11) is 1.69. The maximum atomic E-state index is 11.7. The topological polar surface area (TPSA) is 78.4 Å². The van der Waals surface area contributed by atoms with Crippen molar-refractivity contribution in [2.75, 3.05) is 20.1 Å². The summed E-state index contributed by atoms with van der Waals surface area (Å²) < 4.78 is 0. The third kappa shape index (κ3) is 6.89. The molecule has 6 nitrogen and oxygen atoms in total. The van der Waals surface area contributed by atoms with Crippen LogP contribution in [0, 0.1) is 13.8 Å². The number of aryl methyl sites for hydroxylation is 2. The van der Waals surface area contributed by atoms with Gasteiger partial charge >= 0.3 is 0 Å². The van der Waals surface area contributed by atoms with Gasteiger partial charge in [-0.1, -0.05) is 0 Å². The number of carbonyl (C=O) groups is 1. The van der Waals surface area contributed by atoms with E-state index in [1.165, 1.54) is 4.88 Å². The van der Waals surface area contributed by atoms with Crippen molar-refractivity contribution in [1.82, 2.24) is 20.9 Å². The number of thiazole rings is 1. The highest BCUT2D eigenvalue weighted by atomic mass is 32.1. The van der Waals surface area contributed by atoms with Gasteiger partial charge in [-0.2, -0.15) is 0 Å². The SMILES string of the molecule is CN=C(NCCc1nc(C)c(C)s1)NCC(=O)NC(C)(C)C. The second-order valence-corrected chi connectivity index (χ2v) is 7.44. The molecule has 0 spiro atoms. The lowest BCUT2D eigenvalue weighted by molar-refractivity contribution is -0.121. The Morgan fingerprint density at radius 1 is 1.27 bits per heavy atom. The largest absolute Gasteiger partial charge is 0.356 e. The molecule has 0 aliphatic heterocycles. The van der Waals surface area contributed by atoms with E-state index in [0.29, 0.717) is 5.96 Å². The molecule has 0 saturated heterocycles. The molecule has 0 saturated carbocycles. The fraction of sp³-hybridized carbons (Fsp3) is 0.667. The highest BCUT2D eigenvalue weighted by Crippen LogP contribution is 2.16. The van der Waals surface area contributed by atoms with Gasteiger partial charge in [0.05, 0.1) is 17.2 Å². The van der Waals surface area contributed by atoms with Crippen LogP contribution in [0.5, 0.6) is 0 Å². The molecule has 0 aliphatic rings. The van der Waals surface area contributed by atoms with Gasteiger partial charge in [0.1, 0.15) is 0 Å². The molecule has 7 heteroatoms. The summed E-state index contributed by atoms with van der Waals surface area (Å²) in [6.45, 7) is 10.9. The third-order valence-electron chi connectivity index (χ3n) is 2.86. The van der Waals surface area contributed by atoms with Crippen LogP contribution in [0.1, 0.15) is 36.3 Å². The van der Waals surface area contributed by atoms with Crippen LogP contribution >= 0.6 is 11.3 Å². The van der Waals surface area contributed by atoms with Crippen LogP contribution in [0.25, 0.3) is 0 Å². The monoisotopic (exact) mass is 325 g/mol. The number of amides is 1. The Labute approximate surface area is 136 Å². The minimum Gasteiger partial charge on any atom is -0.356 e. The summed E-state index contributed by atoms with van der Waals surface area (Å²) in [4.78, 5) is 21.6. The predicted octanol–water partition coefficient (Wildman–Crippen LogP) is 1.38. The molecule has 1 heterocycles. The number of hydrogen-bond acceptors (Lipinski definition) is 4. The van der Waals surface area contributed by atoms with Crippen LogP contribution in [0.15, 0.2) is 4.99 Å². The molecule has 0 bridgehead atoms. The molecule has 124 valence electrons. The van der Waals surface area contributed by atoms with Gasteiger partial charge in [0, 0.05) is 30.4 Å². The lowest BCUT2D eigenvalue weighted by atomic mass is 10.1. The second kappa shape index (κ2) is 8.12. The average molecular weight is 325 g/mol. The smallest absolute Gasteiger partial charge is 0.239 e. The zero-order chi connectivity index (χ0) is 16.8. The molecule has 0 aromatic carbocycles. The number of aliphatic imine (C=N–C) groups is 1. The average Bonchev–Trinajstić information content (AvgIpc) is 2.70. The Morgan fingerprint density at radius 3 is 2.45 bits per heavy atom. The van der Waals surface area contributed by atoms with Crippen molar-refractivity contribution in [2.45, 2.75) is 46.6 Å². The fourth-order valence-corrected chi connectivity index (χ4v) is 2.71. The Hall–Kier alpha value is -1.63.